The predicted octanol–water partition coefficient (Wildman–Crippen LogP) is 1.29. The summed E-state index contributed by atoms with van der Waals surface area (Å²) in [5.41, 5.74) is 1.21. The average molecular weight is 179 g/mol. The van der Waals surface area contributed by atoms with E-state index in [2.05, 4.69) is 9.97 Å². The van der Waals surface area contributed by atoms with Crippen LogP contribution in [0.5, 0.6) is 0 Å². The van der Waals surface area contributed by atoms with Gasteiger partial charge in [-0.2, -0.15) is 0 Å². The van der Waals surface area contributed by atoms with Crippen LogP contribution in [0.2, 0.25) is 0 Å². The Morgan fingerprint density at radius 1 is 1.46 bits per heavy atom. The zero-order valence-corrected chi connectivity index (χ0v) is 8.03. The van der Waals surface area contributed by atoms with Crippen LogP contribution in [0, 0.1) is 0 Å². The molecule has 0 atom stereocenters. The van der Waals surface area contributed by atoms with Crippen molar-refractivity contribution in [1.82, 2.24) is 14.5 Å². The Labute approximate surface area is 76.2 Å². The first-order chi connectivity index (χ1) is 6.29. The summed E-state index contributed by atoms with van der Waals surface area (Å²) in [5.74, 6) is 0. The number of aromatic nitrogens is 3. The van der Waals surface area contributed by atoms with Crippen LogP contribution in [0.4, 0.5) is 0 Å². The summed E-state index contributed by atoms with van der Waals surface area (Å²) in [5, 5.41) is 0. The SMILES string of the molecule is CC.Cn1cnc2c(=O)[nH]ccc21. The number of rotatable bonds is 0. The van der Waals surface area contributed by atoms with Gasteiger partial charge in [0.15, 0.2) is 5.52 Å². The number of pyridine rings is 1. The maximum atomic E-state index is 11.1. The Morgan fingerprint density at radius 3 is 2.77 bits per heavy atom. The molecule has 0 unspecified atom stereocenters. The van der Waals surface area contributed by atoms with E-state index in [1.54, 1.807) is 12.5 Å². The molecule has 0 aliphatic rings. The van der Waals surface area contributed by atoms with E-state index in [9.17, 15) is 4.79 Å². The van der Waals surface area contributed by atoms with Crippen molar-refractivity contribution in [2.24, 2.45) is 7.05 Å². The fraction of sp³-hybridized carbons (Fsp3) is 0.333. The highest BCUT2D eigenvalue weighted by atomic mass is 16.1. The van der Waals surface area contributed by atoms with Gasteiger partial charge in [-0.25, -0.2) is 4.98 Å². The third-order valence-corrected chi connectivity index (χ3v) is 1.65. The summed E-state index contributed by atoms with van der Waals surface area (Å²) >= 11 is 0. The summed E-state index contributed by atoms with van der Waals surface area (Å²) in [6, 6.07) is 1.82. The number of nitrogens with zero attached hydrogens (tertiary/aromatic N) is 2. The molecule has 13 heavy (non-hydrogen) atoms. The normalized spacial score (nSPS) is 9.46. The molecular formula is C9H13N3O. The molecule has 0 amide bonds. The molecule has 0 saturated heterocycles. The summed E-state index contributed by atoms with van der Waals surface area (Å²) in [4.78, 5) is 17.6. The van der Waals surface area contributed by atoms with Crippen LogP contribution in [0.15, 0.2) is 23.4 Å². The van der Waals surface area contributed by atoms with E-state index in [4.69, 9.17) is 0 Å². The van der Waals surface area contributed by atoms with Crippen LogP contribution in [-0.4, -0.2) is 14.5 Å². The second-order valence-corrected chi connectivity index (χ2v) is 2.40. The van der Waals surface area contributed by atoms with Gasteiger partial charge in [-0.3, -0.25) is 4.79 Å². The minimum absolute atomic E-state index is 0.136. The van der Waals surface area contributed by atoms with Gasteiger partial charge in [0.05, 0.1) is 11.8 Å². The molecule has 2 aromatic rings. The monoisotopic (exact) mass is 179 g/mol. The van der Waals surface area contributed by atoms with Crippen LogP contribution < -0.4 is 5.56 Å². The highest BCUT2D eigenvalue weighted by Gasteiger charge is 2.00. The number of aromatic amines is 1. The first kappa shape index (κ1) is 9.51. The van der Waals surface area contributed by atoms with E-state index in [1.807, 2.05) is 31.5 Å². The Morgan fingerprint density at radius 2 is 2.15 bits per heavy atom. The fourth-order valence-electron chi connectivity index (χ4n) is 1.08. The molecule has 0 bridgehead atoms. The van der Waals surface area contributed by atoms with Gasteiger partial charge < -0.3 is 9.55 Å². The number of fused-ring (bicyclic) bond motifs is 1. The molecular weight excluding hydrogens is 166 g/mol. The number of imidazole rings is 1. The lowest BCUT2D eigenvalue weighted by atomic mass is 10.4. The van der Waals surface area contributed by atoms with Gasteiger partial charge >= 0.3 is 0 Å². The predicted molar refractivity (Wildman–Crippen MR) is 52.7 cm³/mol. The topological polar surface area (TPSA) is 50.7 Å². The van der Waals surface area contributed by atoms with Crippen molar-refractivity contribution in [3.05, 3.63) is 28.9 Å². The molecule has 0 aliphatic carbocycles. The van der Waals surface area contributed by atoms with Crippen LogP contribution in [0.3, 0.4) is 0 Å². The van der Waals surface area contributed by atoms with E-state index < -0.39 is 0 Å². The molecule has 0 spiro atoms. The third kappa shape index (κ3) is 1.61. The largest absolute Gasteiger partial charge is 0.334 e. The number of H-pyrrole nitrogens is 1. The van der Waals surface area contributed by atoms with Gasteiger partial charge in [-0.1, -0.05) is 13.8 Å². The Balaban J connectivity index is 0.000000396. The minimum atomic E-state index is -0.136. The number of nitrogens with one attached hydrogen (secondary N) is 1. The van der Waals surface area contributed by atoms with Crippen molar-refractivity contribution in [3.8, 4) is 0 Å². The van der Waals surface area contributed by atoms with Crippen molar-refractivity contribution < 1.29 is 0 Å². The van der Waals surface area contributed by atoms with Crippen molar-refractivity contribution in [3.63, 3.8) is 0 Å². The molecule has 0 radical (unpaired) electrons. The molecule has 4 heteroatoms. The third-order valence-electron chi connectivity index (χ3n) is 1.65. The molecule has 2 aromatic heterocycles. The lowest BCUT2D eigenvalue weighted by molar-refractivity contribution is 0.947. The van der Waals surface area contributed by atoms with Crippen molar-refractivity contribution in [2.75, 3.05) is 0 Å². The molecule has 2 heterocycles. The zero-order valence-electron chi connectivity index (χ0n) is 8.03. The molecule has 2 rings (SSSR count). The first-order valence-electron chi connectivity index (χ1n) is 4.28. The van der Waals surface area contributed by atoms with Gasteiger partial charge in [0.25, 0.3) is 5.56 Å². The number of aryl methyl sites for hydroxylation is 1. The quantitative estimate of drug-likeness (QED) is 0.662. The van der Waals surface area contributed by atoms with E-state index in [-0.39, 0.29) is 5.56 Å². The Bertz CT molecular complexity index is 441. The minimum Gasteiger partial charge on any atom is -0.334 e. The second kappa shape index (κ2) is 3.89. The number of hydrogen-bond donors (Lipinski definition) is 1. The smallest absolute Gasteiger partial charge is 0.276 e. The van der Waals surface area contributed by atoms with Gasteiger partial charge in [0.1, 0.15) is 0 Å². The van der Waals surface area contributed by atoms with E-state index in [1.165, 1.54) is 0 Å². The Kier molecular flexibility index (Phi) is 2.84. The van der Waals surface area contributed by atoms with Crippen LogP contribution in [-0.2, 0) is 7.05 Å². The second-order valence-electron chi connectivity index (χ2n) is 2.40. The van der Waals surface area contributed by atoms with E-state index in [0.717, 1.165) is 5.52 Å². The lowest BCUT2D eigenvalue weighted by Crippen LogP contribution is -2.04. The highest BCUT2D eigenvalue weighted by Crippen LogP contribution is 2.03. The van der Waals surface area contributed by atoms with E-state index >= 15 is 0 Å². The van der Waals surface area contributed by atoms with Gasteiger partial charge in [0.2, 0.25) is 0 Å². The van der Waals surface area contributed by atoms with E-state index in [0.29, 0.717) is 5.52 Å². The highest BCUT2D eigenvalue weighted by molar-refractivity contribution is 5.73. The van der Waals surface area contributed by atoms with Crippen LogP contribution in [0.1, 0.15) is 13.8 Å². The number of hydrogen-bond acceptors (Lipinski definition) is 2. The van der Waals surface area contributed by atoms with Crippen molar-refractivity contribution in [2.45, 2.75) is 13.8 Å². The Hall–Kier alpha value is -1.58. The molecule has 1 N–H and O–H groups in total. The van der Waals surface area contributed by atoms with Crippen molar-refractivity contribution >= 4 is 11.0 Å². The molecule has 0 fully saturated rings. The first-order valence-corrected chi connectivity index (χ1v) is 4.28. The molecule has 4 nitrogen and oxygen atoms in total. The average Bonchev–Trinajstić information content (AvgIpc) is 2.53. The van der Waals surface area contributed by atoms with Gasteiger partial charge in [-0.15, -0.1) is 0 Å². The summed E-state index contributed by atoms with van der Waals surface area (Å²) in [6.07, 6.45) is 3.24. The summed E-state index contributed by atoms with van der Waals surface area (Å²) in [6.45, 7) is 4.00. The van der Waals surface area contributed by atoms with Crippen LogP contribution in [0.25, 0.3) is 11.0 Å². The van der Waals surface area contributed by atoms with Gasteiger partial charge in [-0.05, 0) is 6.07 Å². The molecule has 0 saturated carbocycles. The fourth-order valence-corrected chi connectivity index (χ4v) is 1.08. The van der Waals surface area contributed by atoms with Crippen molar-refractivity contribution in [1.29, 1.82) is 0 Å². The standard InChI is InChI=1S/C7H7N3O.C2H6/c1-10-4-9-6-5(10)2-3-8-7(6)11;1-2/h2-4H,1H3,(H,8,11);1-2H3. The zero-order chi connectivity index (χ0) is 9.84. The summed E-state index contributed by atoms with van der Waals surface area (Å²) < 4.78 is 1.81. The molecule has 70 valence electrons. The van der Waals surface area contributed by atoms with Gasteiger partial charge in [0, 0.05) is 13.2 Å². The molecule has 0 aliphatic heterocycles. The van der Waals surface area contributed by atoms with Crippen LogP contribution >= 0.6 is 0 Å². The maximum absolute atomic E-state index is 11.1. The maximum Gasteiger partial charge on any atom is 0.276 e. The molecule has 0 aromatic carbocycles. The lowest BCUT2D eigenvalue weighted by Gasteiger charge is -1.90. The summed E-state index contributed by atoms with van der Waals surface area (Å²) in [7, 11) is 1.86.